The number of fused-ring (bicyclic) bond motifs is 5. The number of carbonyl (C=O) groups excluding carboxylic acids is 2. The number of hydrogen-bond donors (Lipinski definition) is 1. The number of halogens is 1. The number of nitrogens with zero attached hydrogens (tertiary/aromatic N) is 3. The predicted octanol–water partition coefficient (Wildman–Crippen LogP) is 4.03. The van der Waals surface area contributed by atoms with Crippen molar-refractivity contribution in [1.29, 1.82) is 0 Å². The van der Waals surface area contributed by atoms with Crippen LogP contribution in [0.5, 0.6) is 0 Å². The highest BCUT2D eigenvalue weighted by atomic mass is 19.1. The Kier molecular flexibility index (Phi) is 5.69. The number of aliphatic hydroxyl groups is 1. The monoisotopic (exact) mass is 545 g/mol. The molecule has 0 saturated heterocycles. The lowest BCUT2D eigenvalue weighted by atomic mass is 9.81. The van der Waals surface area contributed by atoms with Gasteiger partial charge in [0.05, 0.1) is 41.0 Å². The van der Waals surface area contributed by atoms with Crippen LogP contribution < -0.4 is 5.56 Å². The van der Waals surface area contributed by atoms with E-state index in [0.29, 0.717) is 65.2 Å². The first-order valence-corrected chi connectivity index (χ1v) is 14.2. The number of hydrogen-bond acceptors (Lipinski definition) is 6. The summed E-state index contributed by atoms with van der Waals surface area (Å²) in [5.41, 5.74) is 5.76. The molecule has 2 aliphatic heterocycles. The van der Waals surface area contributed by atoms with Gasteiger partial charge in [0.1, 0.15) is 18.5 Å². The molecule has 1 saturated carbocycles. The van der Waals surface area contributed by atoms with Gasteiger partial charge in [-0.05, 0) is 66.8 Å². The smallest absolute Gasteiger partial charge is 0.313 e. The predicted molar refractivity (Wildman–Crippen MR) is 145 cm³/mol. The molecule has 1 fully saturated rings. The van der Waals surface area contributed by atoms with E-state index in [1.165, 1.54) is 6.07 Å². The van der Waals surface area contributed by atoms with E-state index in [1.807, 2.05) is 13.0 Å². The molecule has 9 heteroatoms. The number of benzene rings is 1. The summed E-state index contributed by atoms with van der Waals surface area (Å²) < 4.78 is 22.1. The third kappa shape index (κ3) is 3.59. The first-order chi connectivity index (χ1) is 19.2. The summed E-state index contributed by atoms with van der Waals surface area (Å²) in [7, 11) is 1.73. The summed E-state index contributed by atoms with van der Waals surface area (Å²) >= 11 is 0. The minimum atomic E-state index is -1.06. The normalized spacial score (nSPS) is 21.5. The summed E-state index contributed by atoms with van der Waals surface area (Å²) in [5, 5.41) is 11.6. The molecule has 208 valence electrons. The quantitative estimate of drug-likeness (QED) is 0.380. The average molecular weight is 546 g/mol. The topological polar surface area (TPSA) is 102 Å². The second-order valence-electron chi connectivity index (χ2n) is 11.8. The fraction of sp³-hybridized carbons (Fsp3) is 0.484. The molecule has 40 heavy (non-hydrogen) atoms. The molecule has 0 bridgehead atoms. The molecule has 0 spiro atoms. The zero-order chi connectivity index (χ0) is 28.0. The van der Waals surface area contributed by atoms with E-state index in [2.05, 4.69) is 0 Å². The molecule has 1 amide bonds. The zero-order valence-corrected chi connectivity index (χ0v) is 22.9. The first-order valence-electron chi connectivity index (χ1n) is 14.2. The lowest BCUT2D eigenvalue weighted by Gasteiger charge is -2.36. The van der Waals surface area contributed by atoms with Crippen molar-refractivity contribution in [3.8, 4) is 11.4 Å². The van der Waals surface area contributed by atoms with Gasteiger partial charge in [-0.15, -0.1) is 0 Å². The summed E-state index contributed by atoms with van der Waals surface area (Å²) in [4.78, 5) is 46.2. The van der Waals surface area contributed by atoms with Crippen molar-refractivity contribution < 1.29 is 23.8 Å². The van der Waals surface area contributed by atoms with Crippen molar-refractivity contribution in [2.24, 2.45) is 5.92 Å². The van der Waals surface area contributed by atoms with E-state index in [4.69, 9.17) is 9.72 Å². The summed E-state index contributed by atoms with van der Waals surface area (Å²) in [6, 6.07) is 2.96. The van der Waals surface area contributed by atoms with Crippen molar-refractivity contribution >= 4 is 22.8 Å². The fourth-order valence-corrected chi connectivity index (χ4v) is 7.10. The van der Waals surface area contributed by atoms with Crippen molar-refractivity contribution in [2.45, 2.75) is 83.6 Å². The highest BCUT2D eigenvalue weighted by molar-refractivity contribution is 5.94. The Hall–Kier alpha value is -3.59. The number of aliphatic hydroxyl groups excluding tert-OH is 1. The Bertz CT molecular complexity index is 1690. The average Bonchev–Trinajstić information content (AvgIpc) is 3.69. The molecular formula is C31H32FN3O5. The van der Waals surface area contributed by atoms with E-state index in [0.717, 1.165) is 34.9 Å². The van der Waals surface area contributed by atoms with Crippen molar-refractivity contribution in [2.75, 3.05) is 7.05 Å². The largest absolute Gasteiger partial charge is 0.460 e. The SMILES string of the molecule is CCC1C(=O)OCc2c1cc1n(c2=O)Cc2c-1nc1cc(F)c(C)c3c1c2C(N(C)C(=O)C(O)CC1CC1)CC3. The van der Waals surface area contributed by atoms with Crippen LogP contribution in [-0.4, -0.2) is 44.6 Å². The number of ether oxygens (including phenoxy) is 1. The maximum Gasteiger partial charge on any atom is 0.313 e. The molecule has 4 heterocycles. The molecule has 3 atom stereocenters. The molecule has 2 aromatic heterocycles. The second kappa shape index (κ2) is 8.96. The van der Waals surface area contributed by atoms with Crippen molar-refractivity contribution in [1.82, 2.24) is 14.5 Å². The standard InChI is InChI=1S/C31H32FN3O5/c1-4-16-18-10-24-28-19(12-35(24)29(37)20(18)13-40-31(16)39)27-23(34(3)30(38)25(36)9-15-5-6-15)8-7-17-14(2)21(32)11-22(33-28)26(17)27/h10-11,15-16,23,25,36H,4-9,12-13H2,1-3H3. The van der Waals surface area contributed by atoms with Gasteiger partial charge in [-0.2, -0.15) is 0 Å². The summed E-state index contributed by atoms with van der Waals surface area (Å²) in [6.45, 7) is 3.86. The van der Waals surface area contributed by atoms with Gasteiger partial charge >= 0.3 is 5.97 Å². The van der Waals surface area contributed by atoms with E-state index < -0.39 is 12.0 Å². The number of amides is 1. The molecule has 2 aliphatic carbocycles. The highest BCUT2D eigenvalue weighted by Gasteiger charge is 2.40. The van der Waals surface area contributed by atoms with E-state index >= 15 is 4.39 Å². The lowest BCUT2D eigenvalue weighted by molar-refractivity contribution is -0.148. The van der Waals surface area contributed by atoms with Crippen LogP contribution in [0.4, 0.5) is 4.39 Å². The number of rotatable bonds is 5. The third-order valence-corrected chi connectivity index (χ3v) is 9.52. The van der Waals surface area contributed by atoms with Gasteiger partial charge in [0.15, 0.2) is 0 Å². The second-order valence-corrected chi connectivity index (χ2v) is 11.8. The lowest BCUT2D eigenvalue weighted by Crippen LogP contribution is -2.40. The van der Waals surface area contributed by atoms with Crippen LogP contribution in [0.25, 0.3) is 22.3 Å². The fourth-order valence-electron chi connectivity index (χ4n) is 7.10. The third-order valence-electron chi connectivity index (χ3n) is 9.52. The molecule has 3 unspecified atom stereocenters. The van der Waals surface area contributed by atoms with Gasteiger partial charge in [0.2, 0.25) is 0 Å². The van der Waals surface area contributed by atoms with E-state index in [9.17, 15) is 19.5 Å². The van der Waals surface area contributed by atoms with Gasteiger partial charge in [0, 0.05) is 24.1 Å². The van der Waals surface area contributed by atoms with Crippen LogP contribution in [0, 0.1) is 18.7 Å². The van der Waals surface area contributed by atoms with Gasteiger partial charge in [-0.3, -0.25) is 14.4 Å². The number of carbonyl (C=O) groups is 2. The van der Waals surface area contributed by atoms with Crippen LogP contribution in [0.2, 0.25) is 0 Å². The maximum absolute atomic E-state index is 15.1. The number of pyridine rings is 2. The van der Waals surface area contributed by atoms with Crippen molar-refractivity contribution in [3.05, 3.63) is 61.7 Å². The Labute approximate surface area is 230 Å². The van der Waals surface area contributed by atoms with Gasteiger partial charge in [-0.25, -0.2) is 9.37 Å². The Morgan fingerprint density at radius 3 is 2.73 bits per heavy atom. The Morgan fingerprint density at radius 2 is 2.00 bits per heavy atom. The van der Waals surface area contributed by atoms with E-state index in [1.54, 1.807) is 23.4 Å². The van der Waals surface area contributed by atoms with Crippen LogP contribution in [0.15, 0.2) is 16.9 Å². The maximum atomic E-state index is 15.1. The molecule has 0 radical (unpaired) electrons. The van der Waals surface area contributed by atoms with Crippen LogP contribution in [-0.2, 0) is 33.9 Å². The van der Waals surface area contributed by atoms with E-state index in [-0.39, 0.29) is 42.4 Å². The van der Waals surface area contributed by atoms with Gasteiger partial charge in [0.25, 0.3) is 11.5 Å². The van der Waals surface area contributed by atoms with Crippen LogP contribution in [0.1, 0.15) is 84.4 Å². The number of esters is 1. The summed E-state index contributed by atoms with van der Waals surface area (Å²) in [5.74, 6) is -1.12. The van der Waals surface area contributed by atoms with Crippen LogP contribution in [0.3, 0.4) is 0 Å². The summed E-state index contributed by atoms with van der Waals surface area (Å²) in [6.07, 6.45) is 3.14. The number of aromatic nitrogens is 2. The molecular weight excluding hydrogens is 513 g/mol. The van der Waals surface area contributed by atoms with Gasteiger partial charge in [-0.1, -0.05) is 19.8 Å². The molecule has 8 nitrogen and oxygen atoms in total. The minimum Gasteiger partial charge on any atom is -0.460 e. The molecule has 1 aromatic carbocycles. The molecule has 4 aliphatic rings. The van der Waals surface area contributed by atoms with Crippen LogP contribution >= 0.6 is 0 Å². The van der Waals surface area contributed by atoms with Gasteiger partial charge < -0.3 is 19.3 Å². The number of likely N-dealkylation sites (N-methyl/N-ethyl adjacent to an activating group) is 1. The molecule has 7 rings (SSSR count). The first kappa shape index (κ1) is 25.4. The minimum absolute atomic E-state index is 0.0598. The van der Waals surface area contributed by atoms with Crippen molar-refractivity contribution in [3.63, 3.8) is 0 Å². The Balaban J connectivity index is 1.43. The zero-order valence-electron chi connectivity index (χ0n) is 22.9. The Morgan fingerprint density at radius 1 is 1.23 bits per heavy atom. The molecule has 1 N–H and O–H groups in total. The number of cyclic esters (lactones) is 1. The molecule has 3 aromatic rings. The number of aryl methyl sites for hydroxylation is 1. The highest BCUT2D eigenvalue weighted by Crippen LogP contribution is 2.47.